The topological polar surface area (TPSA) is 75.7 Å². The highest BCUT2D eigenvalue weighted by molar-refractivity contribution is 6.31. The van der Waals surface area contributed by atoms with Gasteiger partial charge in [0.15, 0.2) is 0 Å². The number of hydrogen-bond acceptors (Lipinski definition) is 4. The van der Waals surface area contributed by atoms with Crippen molar-refractivity contribution in [2.75, 3.05) is 12.4 Å². The van der Waals surface area contributed by atoms with E-state index in [0.717, 1.165) is 36.0 Å². The summed E-state index contributed by atoms with van der Waals surface area (Å²) in [5.74, 6) is -0.532. The molecule has 0 saturated heterocycles. The minimum absolute atomic E-state index is 0.0211. The number of fused-ring (bicyclic) bond motifs is 1. The Balaban J connectivity index is 1.28. The third-order valence-electron chi connectivity index (χ3n) is 7.13. The first-order valence-electron chi connectivity index (χ1n) is 12.1. The molecule has 1 aliphatic carbocycles. The van der Waals surface area contributed by atoms with Gasteiger partial charge in [-0.25, -0.2) is 0 Å². The average molecular weight is 503 g/mol. The Kier molecular flexibility index (Phi) is 6.79. The van der Waals surface area contributed by atoms with Crippen LogP contribution in [-0.2, 0) is 16.1 Å². The predicted octanol–water partition coefficient (Wildman–Crippen LogP) is 5.95. The third kappa shape index (κ3) is 4.86. The number of methoxy groups -OCH3 is 1. The first-order valence-corrected chi connectivity index (χ1v) is 12.5. The van der Waals surface area contributed by atoms with E-state index in [9.17, 15) is 14.4 Å². The standard InChI is InChI=1S/C29H27ClN2O4/c1-36-29(35)21-5-3-7-25(15-21)32-17-22-9-8-19(16-26(22)28(32)34)18-10-12-24(13-11-18)31-27(33)20-4-2-6-23(30)14-20/h2,4,6,8-14,16,21,25H,3,5,7,15,17H2,1H3,(H,31,33). The minimum atomic E-state index is -0.231. The number of rotatable bonds is 5. The summed E-state index contributed by atoms with van der Waals surface area (Å²) >= 11 is 5.98. The molecule has 1 aliphatic heterocycles. The van der Waals surface area contributed by atoms with Gasteiger partial charge in [0.05, 0.1) is 13.0 Å². The number of anilines is 1. The largest absolute Gasteiger partial charge is 0.469 e. The quantitative estimate of drug-likeness (QED) is 0.437. The van der Waals surface area contributed by atoms with Gasteiger partial charge in [-0.05, 0) is 72.4 Å². The van der Waals surface area contributed by atoms with Gasteiger partial charge in [-0.3, -0.25) is 14.4 Å². The molecule has 1 fully saturated rings. The molecule has 1 heterocycles. The van der Waals surface area contributed by atoms with Crippen molar-refractivity contribution in [1.82, 2.24) is 4.90 Å². The van der Waals surface area contributed by atoms with Crippen LogP contribution in [0, 0.1) is 5.92 Å². The molecule has 6 nitrogen and oxygen atoms in total. The van der Waals surface area contributed by atoms with Crippen molar-refractivity contribution in [1.29, 1.82) is 0 Å². The second-order valence-electron chi connectivity index (χ2n) is 9.39. The van der Waals surface area contributed by atoms with Gasteiger partial charge >= 0.3 is 5.97 Å². The van der Waals surface area contributed by atoms with Crippen LogP contribution in [0.2, 0.25) is 5.02 Å². The molecule has 5 rings (SSSR count). The molecule has 0 spiro atoms. The average Bonchev–Trinajstić information content (AvgIpc) is 3.24. The van der Waals surface area contributed by atoms with Crippen molar-refractivity contribution in [3.63, 3.8) is 0 Å². The fraction of sp³-hybridized carbons (Fsp3) is 0.276. The Labute approximate surface area is 215 Å². The molecule has 2 aliphatic rings. The van der Waals surface area contributed by atoms with Crippen molar-refractivity contribution in [2.45, 2.75) is 38.3 Å². The monoisotopic (exact) mass is 502 g/mol. The van der Waals surface area contributed by atoms with Crippen LogP contribution in [0.5, 0.6) is 0 Å². The summed E-state index contributed by atoms with van der Waals surface area (Å²) in [7, 11) is 1.42. The molecule has 184 valence electrons. The summed E-state index contributed by atoms with van der Waals surface area (Å²) in [4.78, 5) is 39.8. The summed E-state index contributed by atoms with van der Waals surface area (Å²) in [6.45, 7) is 0.571. The van der Waals surface area contributed by atoms with Crippen molar-refractivity contribution in [2.24, 2.45) is 5.92 Å². The molecule has 2 unspecified atom stereocenters. The highest BCUT2D eigenvalue weighted by atomic mass is 35.5. The SMILES string of the molecule is COC(=O)C1CCCC(N2Cc3ccc(-c4ccc(NC(=O)c5cccc(Cl)c5)cc4)cc3C2=O)C1. The molecule has 0 bridgehead atoms. The maximum atomic E-state index is 13.3. The highest BCUT2D eigenvalue weighted by Crippen LogP contribution is 2.35. The molecule has 1 N–H and O–H groups in total. The van der Waals surface area contributed by atoms with Crippen molar-refractivity contribution >= 4 is 35.1 Å². The van der Waals surface area contributed by atoms with Gasteiger partial charge in [-0.1, -0.05) is 48.4 Å². The lowest BCUT2D eigenvalue weighted by atomic mass is 9.85. The zero-order valence-electron chi connectivity index (χ0n) is 20.0. The number of esters is 1. The number of halogens is 1. The Hall–Kier alpha value is -3.64. The second kappa shape index (κ2) is 10.2. The lowest BCUT2D eigenvalue weighted by Gasteiger charge is -2.34. The van der Waals surface area contributed by atoms with E-state index >= 15 is 0 Å². The molecule has 2 amide bonds. The lowest BCUT2D eigenvalue weighted by Crippen LogP contribution is -2.40. The molecule has 0 radical (unpaired) electrons. The molecule has 0 aromatic heterocycles. The van der Waals surface area contributed by atoms with Crippen LogP contribution in [0.15, 0.2) is 66.7 Å². The van der Waals surface area contributed by atoms with Crippen molar-refractivity contribution in [3.05, 3.63) is 88.4 Å². The third-order valence-corrected chi connectivity index (χ3v) is 7.36. The molecule has 1 saturated carbocycles. The van der Waals surface area contributed by atoms with Gasteiger partial charge in [0.2, 0.25) is 0 Å². The van der Waals surface area contributed by atoms with Crippen molar-refractivity contribution < 1.29 is 19.1 Å². The molecule has 3 aromatic carbocycles. The van der Waals surface area contributed by atoms with Crippen LogP contribution >= 0.6 is 11.6 Å². The maximum absolute atomic E-state index is 13.3. The Morgan fingerprint density at radius 1 is 1.00 bits per heavy atom. The number of amides is 2. The normalized spacial score (nSPS) is 19.1. The fourth-order valence-electron chi connectivity index (χ4n) is 5.20. The summed E-state index contributed by atoms with van der Waals surface area (Å²) in [5.41, 5.74) is 4.77. The number of ether oxygens (including phenoxy) is 1. The van der Waals surface area contributed by atoms with E-state index in [-0.39, 0.29) is 29.7 Å². The first-order chi connectivity index (χ1) is 17.4. The van der Waals surface area contributed by atoms with Gasteiger partial charge in [-0.2, -0.15) is 0 Å². The summed E-state index contributed by atoms with van der Waals surface area (Å²) in [6, 6.07) is 20.4. The summed E-state index contributed by atoms with van der Waals surface area (Å²) in [5, 5.41) is 3.39. The molecule has 7 heteroatoms. The summed E-state index contributed by atoms with van der Waals surface area (Å²) in [6.07, 6.45) is 3.29. The van der Waals surface area contributed by atoms with E-state index in [4.69, 9.17) is 16.3 Å². The minimum Gasteiger partial charge on any atom is -0.469 e. The Bertz CT molecular complexity index is 1320. The van der Waals surface area contributed by atoms with E-state index < -0.39 is 0 Å². The number of benzene rings is 3. The van der Waals surface area contributed by atoms with Crippen molar-refractivity contribution in [3.8, 4) is 11.1 Å². The predicted molar refractivity (Wildman–Crippen MR) is 139 cm³/mol. The van der Waals surface area contributed by atoms with Gasteiger partial charge in [0, 0.05) is 34.4 Å². The van der Waals surface area contributed by atoms with Gasteiger partial charge in [0.25, 0.3) is 11.8 Å². The summed E-state index contributed by atoms with van der Waals surface area (Å²) < 4.78 is 4.94. The smallest absolute Gasteiger partial charge is 0.308 e. The highest BCUT2D eigenvalue weighted by Gasteiger charge is 2.37. The number of carbonyl (C=O) groups excluding carboxylic acids is 3. The molecular weight excluding hydrogens is 476 g/mol. The number of hydrogen-bond donors (Lipinski definition) is 1. The van der Waals surface area contributed by atoms with E-state index in [2.05, 4.69) is 5.32 Å². The Morgan fingerprint density at radius 3 is 2.53 bits per heavy atom. The van der Waals surface area contributed by atoms with Crippen LogP contribution in [0.4, 0.5) is 5.69 Å². The number of nitrogens with one attached hydrogen (secondary N) is 1. The van der Waals surface area contributed by atoms with Gasteiger partial charge < -0.3 is 15.0 Å². The molecular formula is C29H27ClN2O4. The van der Waals surface area contributed by atoms with Crippen LogP contribution in [0.3, 0.4) is 0 Å². The van der Waals surface area contributed by atoms with E-state index in [1.54, 1.807) is 24.3 Å². The van der Waals surface area contributed by atoms with E-state index in [1.807, 2.05) is 47.4 Å². The van der Waals surface area contributed by atoms with Crippen LogP contribution in [0.25, 0.3) is 11.1 Å². The number of carbonyl (C=O) groups is 3. The maximum Gasteiger partial charge on any atom is 0.308 e. The van der Waals surface area contributed by atoms with Gasteiger partial charge in [0.1, 0.15) is 0 Å². The van der Waals surface area contributed by atoms with Crippen LogP contribution in [0.1, 0.15) is 52.0 Å². The second-order valence-corrected chi connectivity index (χ2v) is 9.82. The fourth-order valence-corrected chi connectivity index (χ4v) is 5.40. The van der Waals surface area contributed by atoms with Gasteiger partial charge in [-0.15, -0.1) is 0 Å². The molecule has 2 atom stereocenters. The van der Waals surface area contributed by atoms with Crippen LogP contribution in [-0.4, -0.2) is 35.8 Å². The Morgan fingerprint density at radius 2 is 1.78 bits per heavy atom. The van der Waals surface area contributed by atoms with Crippen LogP contribution < -0.4 is 5.32 Å². The zero-order valence-corrected chi connectivity index (χ0v) is 20.8. The lowest BCUT2D eigenvalue weighted by molar-refractivity contribution is -0.147. The molecule has 36 heavy (non-hydrogen) atoms. The van der Waals surface area contributed by atoms with E-state index in [0.29, 0.717) is 34.8 Å². The zero-order chi connectivity index (χ0) is 25.2. The number of nitrogens with zero attached hydrogens (tertiary/aromatic N) is 1. The molecule has 3 aromatic rings. The first kappa shape index (κ1) is 24.1. The van der Waals surface area contributed by atoms with E-state index in [1.165, 1.54) is 7.11 Å².